The van der Waals surface area contributed by atoms with Crippen LogP contribution < -0.4 is 33.8 Å². The fourth-order valence-electron chi connectivity index (χ4n) is 5.07. The number of carbonyl (C=O) groups excluding carboxylic acids is 1. The van der Waals surface area contributed by atoms with Crippen molar-refractivity contribution in [2.24, 2.45) is 4.99 Å². The lowest BCUT2D eigenvalue weighted by Crippen LogP contribution is -2.40. The summed E-state index contributed by atoms with van der Waals surface area (Å²) in [6, 6.07) is 11.5. The predicted molar refractivity (Wildman–Crippen MR) is 194 cm³/mol. The van der Waals surface area contributed by atoms with E-state index in [-0.39, 0.29) is 24.3 Å². The summed E-state index contributed by atoms with van der Waals surface area (Å²) in [5.74, 6) is 1.37. The predicted octanol–water partition coefficient (Wildman–Crippen LogP) is 7.08. The Kier molecular flexibility index (Phi) is 11.3. The van der Waals surface area contributed by atoms with E-state index in [1.807, 2.05) is 6.07 Å². The molecule has 2 heterocycles. The highest BCUT2D eigenvalue weighted by Crippen LogP contribution is 2.41. The number of benzene rings is 3. The highest BCUT2D eigenvalue weighted by Gasteiger charge is 2.35. The number of ether oxygens (including phenoxy) is 5. The van der Waals surface area contributed by atoms with Crippen molar-refractivity contribution in [3.05, 3.63) is 108 Å². The normalized spacial score (nSPS) is 14.4. The van der Waals surface area contributed by atoms with Crippen molar-refractivity contribution < 1.29 is 28.5 Å². The van der Waals surface area contributed by atoms with Crippen molar-refractivity contribution in [3.8, 4) is 23.0 Å². The number of fused-ring (bicyclic) bond motifs is 1. The lowest BCUT2D eigenvalue weighted by Gasteiger charge is -2.26. The molecule has 1 aliphatic rings. The van der Waals surface area contributed by atoms with Gasteiger partial charge < -0.3 is 23.7 Å². The highest BCUT2D eigenvalue weighted by atomic mass is 127. The van der Waals surface area contributed by atoms with Gasteiger partial charge in [0.05, 0.1) is 53.4 Å². The summed E-state index contributed by atoms with van der Waals surface area (Å²) in [5, 5.41) is 1.04. The Bertz CT molecular complexity index is 2100. The molecule has 0 fully saturated rings. The van der Waals surface area contributed by atoms with Crippen LogP contribution in [0.25, 0.3) is 6.08 Å². The highest BCUT2D eigenvalue weighted by molar-refractivity contribution is 14.1. The monoisotopic (exact) mass is 872 g/mol. The summed E-state index contributed by atoms with van der Waals surface area (Å²) in [6.07, 6.45) is 1.76. The minimum absolute atomic E-state index is 0.159. The van der Waals surface area contributed by atoms with E-state index in [1.165, 1.54) is 30.1 Å². The molecule has 9 nitrogen and oxygen atoms in total. The average Bonchev–Trinajstić information content (AvgIpc) is 3.33. The summed E-state index contributed by atoms with van der Waals surface area (Å²) in [7, 11) is 4.60. The molecule has 14 heteroatoms. The van der Waals surface area contributed by atoms with Crippen LogP contribution in [0.15, 0.2) is 68.0 Å². The Morgan fingerprint density at radius 3 is 2.43 bits per heavy atom. The van der Waals surface area contributed by atoms with Gasteiger partial charge in [-0.05, 0) is 90.0 Å². The maximum Gasteiger partial charge on any atom is 0.338 e. The van der Waals surface area contributed by atoms with Crippen LogP contribution >= 0.6 is 73.1 Å². The topological polar surface area (TPSA) is 97.6 Å². The summed E-state index contributed by atoms with van der Waals surface area (Å²) in [6.45, 7) is 3.82. The number of thiazole rings is 1. The van der Waals surface area contributed by atoms with E-state index >= 15 is 0 Å². The van der Waals surface area contributed by atoms with Gasteiger partial charge in [-0.2, -0.15) is 0 Å². The van der Waals surface area contributed by atoms with Crippen molar-refractivity contribution in [1.82, 2.24) is 4.57 Å². The molecule has 0 amide bonds. The van der Waals surface area contributed by atoms with Gasteiger partial charge in [-0.15, -0.1) is 0 Å². The van der Waals surface area contributed by atoms with Gasteiger partial charge in [0.15, 0.2) is 27.8 Å². The van der Waals surface area contributed by atoms with Gasteiger partial charge in [0.2, 0.25) is 0 Å². The number of hydrogen-bond acceptors (Lipinski definition) is 9. The standard InChI is InChI=1S/C33H28BrCl2IN2O7S/c1-6-45-32(41)28-16(2)38-33-39(29(28)20-13-24(42-3)25(43-4)14-21(20)34)31(40)27(47-33)11-17-9-23(37)30(26(10-17)44-5)46-15-18-7-8-19(35)12-22(18)36/h7-14,29H,6,15H2,1-5H3/b27-11-/t29-/m0/s1. The number of esters is 1. The Balaban J connectivity index is 1.62. The van der Waals surface area contributed by atoms with Gasteiger partial charge in [-0.1, -0.05) is 56.5 Å². The second-order valence-electron chi connectivity index (χ2n) is 10.1. The Labute approximate surface area is 306 Å². The third kappa shape index (κ3) is 7.21. The van der Waals surface area contributed by atoms with Crippen LogP contribution in [0.4, 0.5) is 0 Å². The van der Waals surface area contributed by atoms with Gasteiger partial charge in [0.1, 0.15) is 6.61 Å². The second kappa shape index (κ2) is 15.0. The van der Waals surface area contributed by atoms with E-state index < -0.39 is 12.0 Å². The van der Waals surface area contributed by atoms with Gasteiger partial charge in [-0.3, -0.25) is 9.36 Å². The molecule has 0 saturated heterocycles. The quantitative estimate of drug-likeness (QED) is 0.124. The molecule has 4 aromatic rings. The zero-order valence-corrected chi connectivity index (χ0v) is 31.9. The molecule has 1 aliphatic heterocycles. The largest absolute Gasteiger partial charge is 0.493 e. The van der Waals surface area contributed by atoms with Crippen LogP contribution in [0.1, 0.15) is 36.6 Å². The van der Waals surface area contributed by atoms with E-state index in [9.17, 15) is 9.59 Å². The number of hydrogen-bond donors (Lipinski definition) is 0. The summed E-state index contributed by atoms with van der Waals surface area (Å²) >= 11 is 19.4. The van der Waals surface area contributed by atoms with Crippen LogP contribution in [0.5, 0.6) is 23.0 Å². The van der Waals surface area contributed by atoms with Crippen molar-refractivity contribution in [2.45, 2.75) is 26.5 Å². The first-order valence-electron chi connectivity index (χ1n) is 14.1. The molecule has 246 valence electrons. The minimum Gasteiger partial charge on any atom is -0.493 e. The first kappa shape index (κ1) is 35.3. The number of allylic oxidation sites excluding steroid dienone is 1. The first-order valence-corrected chi connectivity index (χ1v) is 17.5. The maximum absolute atomic E-state index is 14.2. The van der Waals surface area contributed by atoms with Crippen LogP contribution in [0.3, 0.4) is 0 Å². The van der Waals surface area contributed by atoms with Crippen molar-refractivity contribution in [3.63, 3.8) is 0 Å². The molecule has 47 heavy (non-hydrogen) atoms. The molecule has 0 radical (unpaired) electrons. The van der Waals surface area contributed by atoms with Crippen LogP contribution in [0.2, 0.25) is 10.0 Å². The molecule has 5 rings (SSSR count). The fraction of sp³-hybridized carbons (Fsp3) is 0.242. The number of carbonyl (C=O) groups is 1. The first-order chi connectivity index (χ1) is 22.5. The van der Waals surface area contributed by atoms with Gasteiger partial charge >= 0.3 is 5.97 Å². The van der Waals surface area contributed by atoms with Crippen molar-refractivity contribution in [2.75, 3.05) is 27.9 Å². The van der Waals surface area contributed by atoms with E-state index in [0.717, 1.165) is 9.13 Å². The minimum atomic E-state index is -0.855. The zero-order valence-electron chi connectivity index (χ0n) is 25.8. The van der Waals surface area contributed by atoms with Gasteiger partial charge in [0, 0.05) is 20.1 Å². The molecule has 0 saturated carbocycles. The lowest BCUT2D eigenvalue weighted by molar-refractivity contribution is -0.139. The molecule has 1 atom stereocenters. The Hall–Kier alpha value is -3.04. The molecule has 0 aliphatic carbocycles. The smallest absolute Gasteiger partial charge is 0.338 e. The molecule has 0 spiro atoms. The Morgan fingerprint density at radius 1 is 1.06 bits per heavy atom. The van der Waals surface area contributed by atoms with E-state index in [2.05, 4.69) is 43.5 Å². The van der Waals surface area contributed by atoms with Crippen molar-refractivity contribution in [1.29, 1.82) is 0 Å². The number of nitrogens with zero attached hydrogens (tertiary/aromatic N) is 2. The average molecular weight is 874 g/mol. The van der Waals surface area contributed by atoms with Crippen molar-refractivity contribution >= 4 is 85.1 Å². The second-order valence-corrected chi connectivity index (χ2v) is 14.0. The molecule has 3 aromatic carbocycles. The third-order valence-electron chi connectivity index (χ3n) is 7.25. The number of methoxy groups -OCH3 is 3. The number of aromatic nitrogens is 1. The molecule has 0 N–H and O–H groups in total. The van der Waals surface area contributed by atoms with Crippen LogP contribution in [-0.2, 0) is 16.1 Å². The lowest BCUT2D eigenvalue weighted by atomic mass is 9.95. The maximum atomic E-state index is 14.2. The third-order valence-corrected chi connectivity index (χ3v) is 10.3. The molecule has 1 aromatic heterocycles. The SMILES string of the molecule is CCOC(=O)C1=C(C)N=c2s/c(=C\c3cc(I)c(OCc4ccc(Cl)cc4Cl)c(OC)c3)c(=O)n2[C@H]1c1cc(OC)c(OC)cc1Br. The fourth-order valence-corrected chi connectivity index (χ4v) is 7.90. The summed E-state index contributed by atoms with van der Waals surface area (Å²) in [5.41, 5.74) is 2.44. The van der Waals surface area contributed by atoms with E-state index in [0.29, 0.717) is 63.7 Å². The number of halogens is 4. The van der Waals surface area contributed by atoms with Gasteiger partial charge in [-0.25, -0.2) is 9.79 Å². The zero-order chi connectivity index (χ0) is 34.0. The van der Waals surface area contributed by atoms with Crippen LogP contribution in [0, 0.1) is 3.57 Å². The van der Waals surface area contributed by atoms with E-state index in [1.54, 1.807) is 63.4 Å². The molecule has 0 bridgehead atoms. The van der Waals surface area contributed by atoms with Gasteiger partial charge in [0.25, 0.3) is 5.56 Å². The summed E-state index contributed by atoms with van der Waals surface area (Å²) in [4.78, 5) is 32.6. The Morgan fingerprint density at radius 2 is 1.77 bits per heavy atom. The van der Waals surface area contributed by atoms with Crippen LogP contribution in [-0.4, -0.2) is 38.5 Å². The summed E-state index contributed by atoms with van der Waals surface area (Å²) < 4.78 is 31.5. The molecular weight excluding hydrogens is 846 g/mol. The molecular formula is C33H28BrCl2IN2O7S. The number of rotatable bonds is 10. The molecule has 0 unspecified atom stereocenters. The van der Waals surface area contributed by atoms with E-state index in [4.69, 9.17) is 46.9 Å².